The molecule has 0 aromatic carbocycles. The van der Waals surface area contributed by atoms with Crippen molar-refractivity contribution in [1.82, 2.24) is 9.80 Å². The molecule has 124 valence electrons. The van der Waals surface area contributed by atoms with Gasteiger partial charge in [-0.25, -0.2) is 0 Å². The number of nitrogens with zero attached hydrogens (tertiary/aromatic N) is 2. The lowest BCUT2D eigenvalue weighted by Gasteiger charge is -2.39. The van der Waals surface area contributed by atoms with Gasteiger partial charge in [-0.3, -0.25) is 9.80 Å². The molecule has 2 fully saturated rings. The fraction of sp³-hybridized carbons (Fsp3) is 1.00. The van der Waals surface area contributed by atoms with Crippen molar-refractivity contribution in [2.24, 2.45) is 0 Å². The third-order valence-electron chi connectivity index (χ3n) is 4.29. The SMILES string of the molecule is OC(CN1CCOCC1)CN(CCC(F)(F)F)C1CCC1. The summed E-state index contributed by atoms with van der Waals surface area (Å²) in [5, 5.41) is 10.2. The van der Waals surface area contributed by atoms with Crippen LogP contribution in [0.2, 0.25) is 0 Å². The van der Waals surface area contributed by atoms with E-state index in [0.29, 0.717) is 26.3 Å². The Morgan fingerprint density at radius 3 is 2.43 bits per heavy atom. The molecule has 0 bridgehead atoms. The highest BCUT2D eigenvalue weighted by Crippen LogP contribution is 2.27. The average Bonchev–Trinajstić information content (AvgIpc) is 2.34. The second kappa shape index (κ2) is 7.76. The zero-order chi connectivity index (χ0) is 15.3. The molecule has 1 heterocycles. The first-order chi connectivity index (χ1) is 9.94. The van der Waals surface area contributed by atoms with E-state index in [9.17, 15) is 18.3 Å². The average molecular weight is 310 g/mol. The van der Waals surface area contributed by atoms with E-state index in [0.717, 1.165) is 32.4 Å². The molecule has 1 saturated heterocycles. The maximum atomic E-state index is 12.4. The van der Waals surface area contributed by atoms with Crippen LogP contribution in [0.15, 0.2) is 0 Å². The molecule has 1 saturated carbocycles. The Bertz CT molecular complexity index is 305. The first-order valence-corrected chi connectivity index (χ1v) is 7.73. The Balaban J connectivity index is 1.76. The summed E-state index contributed by atoms with van der Waals surface area (Å²) in [7, 11) is 0. The zero-order valence-electron chi connectivity index (χ0n) is 12.3. The molecule has 0 amide bonds. The number of aliphatic hydroxyl groups excluding tert-OH is 1. The topological polar surface area (TPSA) is 35.9 Å². The van der Waals surface area contributed by atoms with Crippen molar-refractivity contribution in [3.05, 3.63) is 0 Å². The lowest BCUT2D eigenvalue weighted by atomic mass is 9.91. The van der Waals surface area contributed by atoms with Crippen molar-refractivity contribution in [2.75, 3.05) is 45.9 Å². The third-order valence-corrected chi connectivity index (χ3v) is 4.29. The number of halogens is 3. The van der Waals surface area contributed by atoms with E-state index < -0.39 is 18.7 Å². The zero-order valence-corrected chi connectivity index (χ0v) is 12.3. The summed E-state index contributed by atoms with van der Waals surface area (Å²) in [4.78, 5) is 3.93. The van der Waals surface area contributed by atoms with Crippen LogP contribution in [0.25, 0.3) is 0 Å². The predicted molar refractivity (Wildman–Crippen MR) is 73.1 cm³/mol. The van der Waals surface area contributed by atoms with E-state index in [2.05, 4.69) is 4.90 Å². The molecule has 1 unspecified atom stereocenters. The summed E-state index contributed by atoms with van der Waals surface area (Å²) in [6, 6.07) is 0.215. The molecule has 2 rings (SSSR count). The van der Waals surface area contributed by atoms with Gasteiger partial charge in [-0.15, -0.1) is 0 Å². The number of ether oxygens (including phenoxy) is 1. The van der Waals surface area contributed by atoms with Gasteiger partial charge in [0.25, 0.3) is 0 Å². The summed E-state index contributed by atoms with van der Waals surface area (Å²) in [5.74, 6) is 0. The Labute approximate surface area is 123 Å². The first kappa shape index (κ1) is 17.0. The van der Waals surface area contributed by atoms with Gasteiger partial charge in [-0.1, -0.05) is 6.42 Å². The van der Waals surface area contributed by atoms with E-state index in [1.807, 2.05) is 4.90 Å². The van der Waals surface area contributed by atoms with E-state index in [4.69, 9.17) is 4.74 Å². The lowest BCUT2D eigenvalue weighted by Crippen LogP contribution is -2.49. The number of aliphatic hydroxyl groups is 1. The third kappa shape index (κ3) is 6.10. The van der Waals surface area contributed by atoms with Crippen LogP contribution in [0.5, 0.6) is 0 Å². The second-order valence-electron chi connectivity index (χ2n) is 6.01. The van der Waals surface area contributed by atoms with Gasteiger partial charge in [-0.05, 0) is 12.8 Å². The molecular formula is C14H25F3N2O2. The van der Waals surface area contributed by atoms with Crippen molar-refractivity contribution in [3.8, 4) is 0 Å². The number of hydrogen-bond acceptors (Lipinski definition) is 4. The van der Waals surface area contributed by atoms with Gasteiger partial charge in [0.1, 0.15) is 0 Å². The molecule has 21 heavy (non-hydrogen) atoms. The van der Waals surface area contributed by atoms with Crippen LogP contribution in [0.4, 0.5) is 13.2 Å². The Kier molecular flexibility index (Phi) is 6.28. The van der Waals surface area contributed by atoms with Crippen LogP contribution in [0.3, 0.4) is 0 Å². The minimum absolute atomic E-state index is 0.00562. The largest absolute Gasteiger partial charge is 0.390 e. The van der Waals surface area contributed by atoms with Gasteiger partial charge >= 0.3 is 6.18 Å². The van der Waals surface area contributed by atoms with Gasteiger partial charge in [0, 0.05) is 38.8 Å². The number of alkyl halides is 3. The number of hydrogen-bond donors (Lipinski definition) is 1. The number of morpholine rings is 1. The maximum absolute atomic E-state index is 12.4. The Morgan fingerprint density at radius 2 is 1.90 bits per heavy atom. The van der Waals surface area contributed by atoms with Gasteiger partial charge in [0.15, 0.2) is 0 Å². The molecule has 7 heteroatoms. The van der Waals surface area contributed by atoms with Gasteiger partial charge in [0.2, 0.25) is 0 Å². The fourth-order valence-corrected chi connectivity index (χ4v) is 2.86. The van der Waals surface area contributed by atoms with Crippen LogP contribution in [0, 0.1) is 0 Å². The number of rotatable bonds is 7. The van der Waals surface area contributed by atoms with Crippen molar-refractivity contribution in [2.45, 2.75) is 44.0 Å². The van der Waals surface area contributed by atoms with Crippen LogP contribution < -0.4 is 0 Å². The summed E-state index contributed by atoms with van der Waals surface area (Å²) in [5.41, 5.74) is 0. The highest BCUT2D eigenvalue weighted by molar-refractivity contribution is 4.83. The minimum Gasteiger partial charge on any atom is -0.390 e. The highest BCUT2D eigenvalue weighted by Gasteiger charge is 2.32. The second-order valence-corrected chi connectivity index (χ2v) is 6.01. The van der Waals surface area contributed by atoms with Crippen LogP contribution in [-0.2, 0) is 4.74 Å². The monoisotopic (exact) mass is 310 g/mol. The fourth-order valence-electron chi connectivity index (χ4n) is 2.86. The Hall–Kier alpha value is -0.370. The van der Waals surface area contributed by atoms with Crippen LogP contribution >= 0.6 is 0 Å². The van der Waals surface area contributed by atoms with Crippen molar-refractivity contribution >= 4 is 0 Å². The molecule has 0 radical (unpaired) electrons. The molecule has 1 N–H and O–H groups in total. The normalized spacial score (nSPS) is 23.3. The molecule has 2 aliphatic rings. The quantitative estimate of drug-likeness (QED) is 0.773. The molecule has 1 aliphatic heterocycles. The van der Waals surface area contributed by atoms with Gasteiger partial charge in [-0.2, -0.15) is 13.2 Å². The molecule has 1 atom stereocenters. The first-order valence-electron chi connectivity index (χ1n) is 7.73. The summed E-state index contributed by atoms with van der Waals surface area (Å²) < 4.78 is 42.4. The summed E-state index contributed by atoms with van der Waals surface area (Å²) >= 11 is 0. The molecule has 4 nitrogen and oxygen atoms in total. The molecule has 0 aromatic heterocycles. The van der Waals surface area contributed by atoms with Gasteiger partial charge in [0.05, 0.1) is 25.7 Å². The molecule has 0 spiro atoms. The van der Waals surface area contributed by atoms with E-state index >= 15 is 0 Å². The van der Waals surface area contributed by atoms with Crippen molar-refractivity contribution < 1.29 is 23.0 Å². The predicted octanol–water partition coefficient (Wildman–Crippen LogP) is 1.49. The molecule has 0 aromatic rings. The lowest BCUT2D eigenvalue weighted by molar-refractivity contribution is -0.141. The highest BCUT2D eigenvalue weighted by atomic mass is 19.4. The standard InChI is InChI=1S/C14H25F3N2O2/c15-14(16,17)4-5-19(12-2-1-3-12)11-13(20)10-18-6-8-21-9-7-18/h12-13,20H,1-11H2. The van der Waals surface area contributed by atoms with Crippen molar-refractivity contribution in [3.63, 3.8) is 0 Å². The number of β-amino-alcohol motifs (C(OH)–C–C–N with tert-alkyl or cyclic N) is 1. The molecular weight excluding hydrogens is 285 g/mol. The Morgan fingerprint density at radius 1 is 1.24 bits per heavy atom. The minimum atomic E-state index is -4.13. The molecule has 1 aliphatic carbocycles. The van der Waals surface area contributed by atoms with E-state index in [1.165, 1.54) is 0 Å². The maximum Gasteiger partial charge on any atom is 0.390 e. The van der Waals surface area contributed by atoms with Gasteiger partial charge < -0.3 is 9.84 Å². The van der Waals surface area contributed by atoms with E-state index in [1.54, 1.807) is 0 Å². The van der Waals surface area contributed by atoms with Crippen molar-refractivity contribution in [1.29, 1.82) is 0 Å². The van der Waals surface area contributed by atoms with Crippen LogP contribution in [0.1, 0.15) is 25.7 Å². The summed E-state index contributed by atoms with van der Waals surface area (Å²) in [6.45, 7) is 3.72. The summed E-state index contributed by atoms with van der Waals surface area (Å²) in [6.07, 6.45) is -2.56. The smallest absolute Gasteiger partial charge is 0.390 e. The van der Waals surface area contributed by atoms with Crippen LogP contribution in [-0.4, -0.2) is 79.2 Å². The van der Waals surface area contributed by atoms with E-state index in [-0.39, 0.29) is 12.6 Å².